The maximum absolute atomic E-state index is 9.86. The Balaban J connectivity index is 1.34. The van der Waals surface area contributed by atoms with E-state index in [9.17, 15) is 16.4 Å². The van der Waals surface area contributed by atoms with Crippen LogP contribution in [-0.4, -0.2) is 0 Å². The van der Waals surface area contributed by atoms with Crippen LogP contribution in [0.5, 0.6) is 0 Å². The van der Waals surface area contributed by atoms with Gasteiger partial charge in [0, 0.05) is 0 Å². The summed E-state index contributed by atoms with van der Waals surface area (Å²) in [6, 6.07) is -21.0. The summed E-state index contributed by atoms with van der Waals surface area (Å²) < 4.78 is 246. The van der Waals surface area contributed by atoms with E-state index in [1.54, 1.807) is 0 Å². The van der Waals surface area contributed by atoms with Crippen LogP contribution in [0.25, 0.3) is 109 Å². The number of benzene rings is 11. The summed E-state index contributed by atoms with van der Waals surface area (Å²) >= 11 is 0. The second kappa shape index (κ2) is 9.64. The summed E-state index contributed by atoms with van der Waals surface area (Å²) in [5.74, 6) is 0. The molecule has 0 saturated carbocycles. The van der Waals surface area contributed by atoms with Gasteiger partial charge in [-0.25, -0.2) is 0 Å². The van der Waals surface area contributed by atoms with Gasteiger partial charge in [0.05, 0.1) is 37.0 Å². The van der Waals surface area contributed by atoms with Crippen molar-refractivity contribution in [1.29, 1.82) is 0 Å². The topological polar surface area (TPSA) is 0 Å². The third-order valence-electron chi connectivity index (χ3n) is 8.58. The third-order valence-corrected chi connectivity index (χ3v) is 8.58. The average molecular weight is 632 g/mol. The highest BCUT2D eigenvalue weighted by molar-refractivity contribution is 6.27. The molecule has 48 heavy (non-hydrogen) atoms. The van der Waals surface area contributed by atoms with Gasteiger partial charge in [-0.15, -0.1) is 0 Å². The average Bonchev–Trinajstić information content (AvgIpc) is 3.37. The molecule has 0 aliphatic heterocycles. The van der Waals surface area contributed by atoms with Crippen molar-refractivity contribution < 1.29 is 37.0 Å². The number of hydrogen-bond donors (Lipinski definition) is 0. The second-order valence-corrected chi connectivity index (χ2v) is 11.1. The molecule has 220 valence electrons. The van der Waals surface area contributed by atoms with Gasteiger partial charge in [0.25, 0.3) is 0 Å². The van der Waals surface area contributed by atoms with E-state index < -0.39 is 234 Å². The van der Waals surface area contributed by atoms with Crippen LogP contribution in [0.15, 0.2) is 169 Å². The Morgan fingerprint density at radius 1 is 0.271 bits per heavy atom. The Morgan fingerprint density at radius 2 is 0.688 bits per heavy atom. The molecular formula is C48H28. The first-order valence-electron chi connectivity index (χ1n) is 28.1. The fraction of sp³-hybridized carbons (Fsp3) is 0. The molecule has 0 spiro atoms. The summed E-state index contributed by atoms with van der Waals surface area (Å²) in [6.45, 7) is 0. The minimum atomic E-state index is -1.04. The van der Waals surface area contributed by atoms with Crippen LogP contribution in [0.1, 0.15) is 37.0 Å². The Morgan fingerprint density at radius 3 is 1.35 bits per heavy atom. The van der Waals surface area contributed by atoms with Crippen molar-refractivity contribution in [3.8, 4) is 33.4 Å². The van der Waals surface area contributed by atoms with Gasteiger partial charge in [-0.05, 0) is 115 Å². The molecule has 0 heteroatoms. The van der Waals surface area contributed by atoms with Crippen molar-refractivity contribution in [3.05, 3.63) is 169 Å². The van der Waals surface area contributed by atoms with Crippen molar-refractivity contribution >= 4 is 75.4 Å². The van der Waals surface area contributed by atoms with Gasteiger partial charge in [-0.1, -0.05) is 163 Å². The van der Waals surface area contributed by atoms with Crippen LogP contribution >= 0.6 is 0 Å². The lowest BCUT2D eigenvalue weighted by molar-refractivity contribution is 1.62. The van der Waals surface area contributed by atoms with Gasteiger partial charge in [-0.2, -0.15) is 0 Å². The van der Waals surface area contributed by atoms with Crippen LogP contribution in [0.2, 0.25) is 0 Å². The van der Waals surface area contributed by atoms with E-state index in [4.69, 9.17) is 20.6 Å². The van der Waals surface area contributed by atoms with Crippen molar-refractivity contribution in [1.82, 2.24) is 0 Å². The van der Waals surface area contributed by atoms with E-state index in [-0.39, 0.29) is 37.7 Å². The first kappa shape index (κ1) is 11.2. The van der Waals surface area contributed by atoms with Gasteiger partial charge in [0.1, 0.15) is 0 Å². The zero-order valence-electron chi connectivity index (χ0n) is 51.1. The molecule has 0 N–H and O–H groups in total. The van der Waals surface area contributed by atoms with Crippen LogP contribution in [0.4, 0.5) is 0 Å². The highest BCUT2D eigenvalue weighted by Gasteiger charge is 2.17. The van der Waals surface area contributed by atoms with Crippen molar-refractivity contribution in [2.45, 2.75) is 0 Å². The van der Waals surface area contributed by atoms with Gasteiger partial charge in [0.15, 0.2) is 0 Å². The maximum atomic E-state index is 9.86. The standard InChI is InChI=1S/C48H28/c1-2-13-40-39(12-1)37(26-27-41(40)42-23-19-34-17-15-30-7-4-9-32-21-25-44(42)48(34)46(30)32)35-10-5-11-36(28-35)38-22-18-33-16-14-29-6-3-8-31-20-24-43(38)47(33)45(29)31/h1-28H/i1D,2D,3D,4D,5D,6D,7D,8D,9D,10D,11D,12D,13D,14D,15D,16D,17D,18D,20D,21D,22D,23D,24D,25D,26D,27D,28D. The van der Waals surface area contributed by atoms with Gasteiger partial charge in [0.2, 0.25) is 0 Å². The fourth-order valence-electron chi connectivity index (χ4n) is 6.48. The lowest BCUT2D eigenvalue weighted by Gasteiger charge is -2.17. The predicted octanol–water partition coefficient (Wildman–Crippen LogP) is 13.6. The molecule has 11 rings (SSSR count). The molecule has 0 aliphatic carbocycles. The summed E-state index contributed by atoms with van der Waals surface area (Å²) in [7, 11) is 0. The monoisotopic (exact) mass is 631 g/mol. The molecule has 0 heterocycles. The minimum absolute atomic E-state index is 0.164. The van der Waals surface area contributed by atoms with Crippen LogP contribution in [0, 0.1) is 0 Å². The molecule has 11 aromatic carbocycles. The quantitative estimate of drug-likeness (QED) is 0.170. The minimum Gasteiger partial charge on any atom is -0.0616 e. The molecule has 0 bridgehead atoms. The molecular weight excluding hydrogens is 577 g/mol. The van der Waals surface area contributed by atoms with E-state index in [0.29, 0.717) is 0 Å². The number of hydrogen-bond acceptors (Lipinski definition) is 0. The number of rotatable bonds is 3. The lowest BCUT2D eigenvalue weighted by atomic mass is 9.86. The van der Waals surface area contributed by atoms with E-state index >= 15 is 0 Å². The van der Waals surface area contributed by atoms with E-state index in [0.717, 1.165) is 6.07 Å². The smallest absolute Gasteiger partial charge is 0.0616 e. The summed E-state index contributed by atoms with van der Waals surface area (Å²) in [5.41, 5.74) is -4.23. The Hall–Kier alpha value is -6.24. The summed E-state index contributed by atoms with van der Waals surface area (Å²) in [4.78, 5) is 0. The maximum Gasteiger partial charge on any atom is 0.0636 e. The SMILES string of the molecule is [2H]c1cc2c([2H])c([2H])c3c([2H])c([2H])c([2H])c4c([2H])c([2H])c(c1-c1c([2H])c([2H])c(-c5c([2H])c([2H])c([2H])c(-c6c([2H])c([2H])c7c([2H])c([2H])c8c([2H])c([2H])c([2H])c9c([2H])c([2H])c6c7c89)c5[2H])c5c([2H])c([2H])c([2H])c([2H])c15)c2c34. The Labute approximate surface area is 315 Å². The van der Waals surface area contributed by atoms with Gasteiger partial charge >= 0.3 is 0 Å². The Bertz CT molecular complexity index is 4550. The summed E-state index contributed by atoms with van der Waals surface area (Å²) in [5, 5.41) is -5.35. The second-order valence-electron chi connectivity index (χ2n) is 11.1. The first-order valence-corrected chi connectivity index (χ1v) is 14.6. The molecule has 0 fully saturated rings. The highest BCUT2D eigenvalue weighted by Crippen LogP contribution is 2.44. The molecule has 0 radical (unpaired) electrons. The van der Waals surface area contributed by atoms with Crippen molar-refractivity contribution in [2.24, 2.45) is 0 Å². The van der Waals surface area contributed by atoms with Crippen molar-refractivity contribution in [2.75, 3.05) is 0 Å². The zero-order valence-corrected chi connectivity index (χ0v) is 24.1. The molecule has 11 aromatic rings. The molecule has 0 aliphatic rings. The van der Waals surface area contributed by atoms with E-state index in [1.165, 1.54) is 0 Å². The highest BCUT2D eigenvalue weighted by atomic mass is 14.2. The van der Waals surface area contributed by atoms with E-state index in [1.807, 2.05) is 0 Å². The molecule has 0 nitrogen and oxygen atoms in total. The predicted molar refractivity (Wildman–Crippen MR) is 208 cm³/mol. The van der Waals surface area contributed by atoms with Gasteiger partial charge < -0.3 is 0 Å². The number of fused-ring (bicyclic) bond motifs is 1. The molecule has 0 atom stereocenters. The van der Waals surface area contributed by atoms with E-state index in [2.05, 4.69) is 0 Å². The van der Waals surface area contributed by atoms with Crippen LogP contribution in [-0.2, 0) is 0 Å². The third kappa shape index (κ3) is 3.55. The Kier molecular flexibility index (Phi) is 2.25. The fourth-order valence-corrected chi connectivity index (χ4v) is 6.48. The first-order chi connectivity index (χ1) is 35.1. The molecule has 0 aromatic heterocycles. The largest absolute Gasteiger partial charge is 0.0636 e. The van der Waals surface area contributed by atoms with Crippen LogP contribution < -0.4 is 0 Å². The molecule has 0 amide bonds. The van der Waals surface area contributed by atoms with Crippen molar-refractivity contribution in [3.63, 3.8) is 0 Å². The summed E-state index contributed by atoms with van der Waals surface area (Å²) in [6.07, 6.45) is 0. The lowest BCUT2D eigenvalue weighted by Crippen LogP contribution is -1.90. The molecule has 0 saturated heterocycles. The normalized spacial score (nSPS) is 20.0. The van der Waals surface area contributed by atoms with Crippen LogP contribution in [0.3, 0.4) is 0 Å². The van der Waals surface area contributed by atoms with Gasteiger partial charge in [-0.3, -0.25) is 0 Å². The molecule has 0 unspecified atom stereocenters. The zero-order chi connectivity index (χ0) is 54.8.